The van der Waals surface area contributed by atoms with Crippen molar-refractivity contribution in [3.05, 3.63) is 63.7 Å². The molecule has 26 heavy (non-hydrogen) atoms. The normalized spacial score (nSPS) is 14.1. The number of sulfonamides is 1. The van der Waals surface area contributed by atoms with Gasteiger partial charge in [0, 0.05) is 12.2 Å². The molecule has 0 bridgehead atoms. The van der Waals surface area contributed by atoms with Crippen LogP contribution >= 0.6 is 22.7 Å². The molecule has 0 radical (unpaired) electrons. The molecule has 1 aromatic carbocycles. The largest absolute Gasteiger partial charge is 0.321 e. The van der Waals surface area contributed by atoms with Gasteiger partial charge >= 0.3 is 0 Å². The Labute approximate surface area is 160 Å². The standard InChI is InChI=1S/C18H16N2O3S3/c21-18(16-5-2-10-24-16)19-14-8-7-13-4-1-9-20(15(13)12-14)26(22,23)17-6-3-11-25-17/h2-3,5-8,10-12H,1,4,9H2,(H,19,21). The molecule has 0 unspecified atom stereocenters. The number of rotatable bonds is 4. The second-order valence-electron chi connectivity index (χ2n) is 5.89. The lowest BCUT2D eigenvalue weighted by atomic mass is 10.0. The number of carbonyl (C=O) groups is 1. The fourth-order valence-corrected chi connectivity index (χ4v) is 6.24. The van der Waals surface area contributed by atoms with Crippen LogP contribution in [0.25, 0.3) is 0 Å². The molecular formula is C18H16N2O3S3. The van der Waals surface area contributed by atoms with Gasteiger partial charge in [-0.1, -0.05) is 18.2 Å². The van der Waals surface area contributed by atoms with Crippen LogP contribution in [0.3, 0.4) is 0 Å². The molecule has 0 aliphatic carbocycles. The Kier molecular flexibility index (Phi) is 4.56. The zero-order valence-electron chi connectivity index (χ0n) is 13.7. The molecule has 134 valence electrons. The zero-order chi connectivity index (χ0) is 18.1. The lowest BCUT2D eigenvalue weighted by Gasteiger charge is -2.30. The molecule has 1 amide bonds. The second kappa shape index (κ2) is 6.86. The molecule has 0 fully saturated rings. The van der Waals surface area contributed by atoms with Gasteiger partial charge in [-0.05, 0) is 53.4 Å². The maximum atomic E-state index is 13.0. The van der Waals surface area contributed by atoms with Crippen LogP contribution in [-0.4, -0.2) is 20.9 Å². The summed E-state index contributed by atoms with van der Waals surface area (Å²) < 4.78 is 27.8. The number of thiophene rings is 2. The van der Waals surface area contributed by atoms with Crippen molar-refractivity contribution in [1.82, 2.24) is 0 Å². The van der Waals surface area contributed by atoms with E-state index in [9.17, 15) is 13.2 Å². The van der Waals surface area contributed by atoms with Crippen LogP contribution in [0.5, 0.6) is 0 Å². The van der Waals surface area contributed by atoms with E-state index < -0.39 is 10.0 Å². The molecule has 8 heteroatoms. The Hall–Kier alpha value is -2.16. The lowest BCUT2D eigenvalue weighted by molar-refractivity contribution is 0.103. The van der Waals surface area contributed by atoms with Gasteiger partial charge in [-0.25, -0.2) is 8.42 Å². The van der Waals surface area contributed by atoms with Crippen LogP contribution in [0.1, 0.15) is 21.7 Å². The zero-order valence-corrected chi connectivity index (χ0v) is 16.2. The van der Waals surface area contributed by atoms with E-state index in [0.29, 0.717) is 27.0 Å². The fraction of sp³-hybridized carbons (Fsp3) is 0.167. The summed E-state index contributed by atoms with van der Waals surface area (Å²) in [5, 5.41) is 6.46. The van der Waals surface area contributed by atoms with Crippen LogP contribution < -0.4 is 9.62 Å². The Bertz CT molecular complexity index is 1030. The van der Waals surface area contributed by atoms with E-state index >= 15 is 0 Å². The molecule has 0 saturated heterocycles. The molecule has 3 heterocycles. The number of aryl methyl sites for hydroxylation is 1. The Morgan fingerprint density at radius 1 is 1.08 bits per heavy atom. The van der Waals surface area contributed by atoms with Gasteiger partial charge in [-0.3, -0.25) is 9.10 Å². The van der Waals surface area contributed by atoms with E-state index in [1.165, 1.54) is 27.0 Å². The Morgan fingerprint density at radius 3 is 2.62 bits per heavy atom. The van der Waals surface area contributed by atoms with Crippen molar-refractivity contribution in [2.24, 2.45) is 0 Å². The average Bonchev–Trinajstić information content (AvgIpc) is 3.34. The topological polar surface area (TPSA) is 66.5 Å². The van der Waals surface area contributed by atoms with E-state index in [1.54, 1.807) is 29.6 Å². The maximum Gasteiger partial charge on any atom is 0.273 e. The highest BCUT2D eigenvalue weighted by molar-refractivity contribution is 7.94. The molecule has 2 aromatic heterocycles. The first-order valence-corrected chi connectivity index (χ1v) is 11.3. The van der Waals surface area contributed by atoms with Gasteiger partial charge in [-0.15, -0.1) is 22.7 Å². The highest BCUT2D eigenvalue weighted by Crippen LogP contribution is 2.35. The van der Waals surface area contributed by atoms with Gasteiger partial charge in [0.05, 0.1) is 10.6 Å². The summed E-state index contributed by atoms with van der Waals surface area (Å²) in [5.74, 6) is -0.191. The molecule has 0 spiro atoms. The van der Waals surface area contributed by atoms with Crippen molar-refractivity contribution in [2.75, 3.05) is 16.2 Å². The van der Waals surface area contributed by atoms with E-state index in [2.05, 4.69) is 5.32 Å². The molecule has 1 aliphatic rings. The SMILES string of the molecule is O=C(Nc1ccc2c(c1)N(S(=O)(=O)c1cccs1)CCC2)c1cccs1. The number of nitrogens with one attached hydrogen (secondary N) is 1. The quantitative estimate of drug-likeness (QED) is 0.709. The molecule has 4 rings (SSSR count). The Balaban J connectivity index is 1.68. The number of fused-ring (bicyclic) bond motifs is 1. The van der Waals surface area contributed by atoms with Gasteiger partial charge in [-0.2, -0.15) is 0 Å². The predicted octanol–water partition coefficient (Wildman–Crippen LogP) is 4.20. The average molecular weight is 405 g/mol. The molecule has 1 N–H and O–H groups in total. The van der Waals surface area contributed by atoms with Gasteiger partial charge in [0.2, 0.25) is 0 Å². The van der Waals surface area contributed by atoms with Crippen LogP contribution in [0.15, 0.2) is 57.4 Å². The summed E-state index contributed by atoms with van der Waals surface area (Å²) in [6, 6.07) is 12.4. The number of amides is 1. The molecule has 3 aromatic rings. The maximum absolute atomic E-state index is 13.0. The van der Waals surface area contributed by atoms with Gasteiger partial charge in [0.25, 0.3) is 15.9 Å². The van der Waals surface area contributed by atoms with Crippen molar-refractivity contribution in [1.29, 1.82) is 0 Å². The number of nitrogens with zero attached hydrogens (tertiary/aromatic N) is 1. The number of anilines is 2. The molecule has 0 atom stereocenters. The highest BCUT2D eigenvalue weighted by Gasteiger charge is 2.30. The van der Waals surface area contributed by atoms with Gasteiger partial charge in [0.15, 0.2) is 0 Å². The van der Waals surface area contributed by atoms with Gasteiger partial charge in [0.1, 0.15) is 4.21 Å². The van der Waals surface area contributed by atoms with Gasteiger partial charge < -0.3 is 5.32 Å². The van der Waals surface area contributed by atoms with E-state index in [0.717, 1.165) is 18.4 Å². The predicted molar refractivity (Wildman–Crippen MR) is 106 cm³/mol. The van der Waals surface area contributed by atoms with Crippen molar-refractivity contribution in [3.8, 4) is 0 Å². The van der Waals surface area contributed by atoms with Crippen LogP contribution in [-0.2, 0) is 16.4 Å². The van der Waals surface area contributed by atoms with Crippen molar-refractivity contribution in [2.45, 2.75) is 17.1 Å². The minimum Gasteiger partial charge on any atom is -0.321 e. The molecule has 1 aliphatic heterocycles. The first-order chi connectivity index (χ1) is 12.6. The summed E-state index contributed by atoms with van der Waals surface area (Å²) in [4.78, 5) is 12.9. The monoisotopic (exact) mass is 404 g/mol. The van der Waals surface area contributed by atoms with E-state index in [-0.39, 0.29) is 5.91 Å². The summed E-state index contributed by atoms with van der Waals surface area (Å²) in [6.07, 6.45) is 1.60. The third kappa shape index (κ3) is 3.15. The lowest BCUT2D eigenvalue weighted by Crippen LogP contribution is -2.35. The summed E-state index contributed by atoms with van der Waals surface area (Å²) in [6.45, 7) is 0.440. The number of hydrogen-bond donors (Lipinski definition) is 1. The van der Waals surface area contributed by atoms with Crippen molar-refractivity contribution < 1.29 is 13.2 Å². The summed E-state index contributed by atoms with van der Waals surface area (Å²) in [5.41, 5.74) is 2.22. The minimum atomic E-state index is -3.58. The van der Waals surface area contributed by atoms with Crippen LogP contribution in [0.2, 0.25) is 0 Å². The highest BCUT2D eigenvalue weighted by atomic mass is 32.2. The first-order valence-electron chi connectivity index (χ1n) is 8.10. The second-order valence-corrected chi connectivity index (χ2v) is 9.87. The molecule has 0 saturated carbocycles. The number of hydrogen-bond acceptors (Lipinski definition) is 5. The summed E-state index contributed by atoms with van der Waals surface area (Å²) >= 11 is 2.58. The fourth-order valence-electron chi connectivity index (χ4n) is 2.99. The van der Waals surface area contributed by atoms with E-state index in [4.69, 9.17) is 0 Å². The van der Waals surface area contributed by atoms with Crippen molar-refractivity contribution >= 4 is 50.0 Å². The first kappa shape index (κ1) is 17.3. The third-order valence-corrected chi connectivity index (χ3v) is 8.26. The number of carbonyl (C=O) groups excluding carboxylic acids is 1. The smallest absolute Gasteiger partial charge is 0.273 e. The van der Waals surface area contributed by atoms with Crippen LogP contribution in [0, 0.1) is 0 Å². The molecule has 5 nitrogen and oxygen atoms in total. The minimum absolute atomic E-state index is 0.191. The van der Waals surface area contributed by atoms with Crippen molar-refractivity contribution in [3.63, 3.8) is 0 Å². The number of benzene rings is 1. The van der Waals surface area contributed by atoms with Crippen LogP contribution in [0.4, 0.5) is 11.4 Å². The Morgan fingerprint density at radius 2 is 1.88 bits per heavy atom. The third-order valence-electron chi connectivity index (χ3n) is 4.20. The molecular weight excluding hydrogens is 388 g/mol. The van der Waals surface area contributed by atoms with E-state index in [1.807, 2.05) is 23.6 Å². The summed E-state index contributed by atoms with van der Waals surface area (Å²) in [7, 11) is -3.58.